The van der Waals surface area contributed by atoms with Gasteiger partial charge < -0.3 is 14.2 Å². The number of nitrogens with zero attached hydrogens (tertiary/aromatic N) is 1. The molecule has 0 aliphatic heterocycles. The first kappa shape index (κ1) is 29.9. The molecule has 0 amide bonds. The van der Waals surface area contributed by atoms with E-state index in [9.17, 15) is 19.6 Å². The molecule has 2 aromatic carbocycles. The minimum absolute atomic E-state index is 0.124. The number of allylic oxidation sites excluding steroid dienone is 1. The molecule has 0 saturated carbocycles. The summed E-state index contributed by atoms with van der Waals surface area (Å²) in [7, 11) is 0. The van der Waals surface area contributed by atoms with Crippen molar-refractivity contribution in [1.29, 1.82) is 5.26 Å². The molecule has 0 radical (unpaired) electrons. The van der Waals surface area contributed by atoms with E-state index in [-0.39, 0.29) is 42.3 Å². The second-order valence-corrected chi connectivity index (χ2v) is 10.1. The summed E-state index contributed by atoms with van der Waals surface area (Å²) in [5.41, 5.74) is 1.68. The Balaban J connectivity index is 1.89. The number of nitriles is 1. The van der Waals surface area contributed by atoms with Gasteiger partial charge in [-0.3, -0.25) is 4.79 Å². The highest BCUT2D eigenvalue weighted by molar-refractivity contribution is 7.14. The van der Waals surface area contributed by atoms with Crippen LogP contribution >= 0.6 is 34.5 Å². The maximum Gasteiger partial charge on any atom is 0.348 e. The van der Waals surface area contributed by atoms with Gasteiger partial charge in [0.15, 0.2) is 5.78 Å². The number of carbonyl (C=O) groups is 3. The zero-order chi connectivity index (χ0) is 28.5. The Morgan fingerprint density at radius 1 is 1.00 bits per heavy atom. The lowest BCUT2D eigenvalue weighted by Gasteiger charge is -2.10. The van der Waals surface area contributed by atoms with Gasteiger partial charge in [0.05, 0.1) is 34.4 Å². The fourth-order valence-corrected chi connectivity index (χ4v) is 5.16. The average molecular weight is 586 g/mol. The lowest BCUT2D eigenvalue weighted by Crippen LogP contribution is -2.12. The van der Waals surface area contributed by atoms with Crippen molar-refractivity contribution >= 4 is 58.3 Å². The van der Waals surface area contributed by atoms with E-state index in [0.717, 1.165) is 16.9 Å². The molecule has 3 aromatic rings. The average Bonchev–Trinajstić information content (AvgIpc) is 3.24. The maximum absolute atomic E-state index is 13.2. The number of thiophene rings is 1. The van der Waals surface area contributed by atoms with E-state index in [1.807, 2.05) is 6.07 Å². The number of ether oxygens (including phenoxy) is 3. The molecule has 0 aliphatic carbocycles. The summed E-state index contributed by atoms with van der Waals surface area (Å²) in [6, 6.07) is 14.1. The molecular weight excluding hydrogens is 561 g/mol. The van der Waals surface area contributed by atoms with Crippen LogP contribution in [0.4, 0.5) is 0 Å². The van der Waals surface area contributed by atoms with Gasteiger partial charge in [0, 0.05) is 16.9 Å². The first-order chi connectivity index (χ1) is 18.7. The molecule has 1 heterocycles. The molecule has 0 N–H and O–H groups in total. The third-order valence-electron chi connectivity index (χ3n) is 5.50. The Morgan fingerprint density at radius 3 is 2.36 bits per heavy atom. The third kappa shape index (κ3) is 7.48. The van der Waals surface area contributed by atoms with Crippen LogP contribution in [0.15, 0.2) is 48.0 Å². The van der Waals surface area contributed by atoms with Gasteiger partial charge in [-0.25, -0.2) is 9.59 Å². The number of benzene rings is 2. The van der Waals surface area contributed by atoms with Crippen molar-refractivity contribution in [2.45, 2.75) is 33.8 Å². The number of ketones is 1. The number of hydrogen-bond donors (Lipinski definition) is 0. The van der Waals surface area contributed by atoms with Crippen LogP contribution in [0.3, 0.4) is 0 Å². The first-order valence-electron chi connectivity index (χ1n) is 12.0. The molecule has 0 saturated heterocycles. The number of hydrogen-bond acceptors (Lipinski definition) is 8. The van der Waals surface area contributed by atoms with Crippen LogP contribution in [0.1, 0.15) is 55.4 Å². The number of rotatable bonds is 11. The van der Waals surface area contributed by atoms with Crippen molar-refractivity contribution < 1.29 is 28.6 Å². The van der Waals surface area contributed by atoms with E-state index in [1.54, 1.807) is 63.2 Å². The Kier molecular flexibility index (Phi) is 10.7. The molecule has 39 heavy (non-hydrogen) atoms. The monoisotopic (exact) mass is 585 g/mol. The molecule has 3 rings (SSSR count). The quantitative estimate of drug-likeness (QED) is 0.135. The number of esters is 2. The van der Waals surface area contributed by atoms with Gasteiger partial charge in [0.1, 0.15) is 23.3 Å². The maximum atomic E-state index is 13.2. The van der Waals surface area contributed by atoms with Crippen molar-refractivity contribution in [3.05, 3.63) is 90.1 Å². The standard InChI is InChI=1S/C29H25Cl2NO6S/c1-4-36-28(34)26-17(3)27(29(35)37-5-2)39-25(26)14-23(33)20(15-32)13-19-8-6-7-9-24(19)38-16-18-10-11-21(30)22(31)12-18/h6-13H,4-5,14,16H2,1-3H3/b20-13+. The van der Waals surface area contributed by atoms with E-state index >= 15 is 0 Å². The smallest absolute Gasteiger partial charge is 0.348 e. The number of carbonyl (C=O) groups excluding carboxylic acids is 3. The van der Waals surface area contributed by atoms with Gasteiger partial charge >= 0.3 is 11.9 Å². The predicted octanol–water partition coefficient (Wildman–Crippen LogP) is 7.01. The van der Waals surface area contributed by atoms with Crippen molar-refractivity contribution in [3.8, 4) is 11.8 Å². The lowest BCUT2D eigenvalue weighted by atomic mass is 10.0. The highest BCUT2D eigenvalue weighted by atomic mass is 35.5. The summed E-state index contributed by atoms with van der Waals surface area (Å²) in [4.78, 5) is 38.9. The van der Waals surface area contributed by atoms with Crippen molar-refractivity contribution in [2.75, 3.05) is 13.2 Å². The highest BCUT2D eigenvalue weighted by Crippen LogP contribution is 2.31. The normalized spacial score (nSPS) is 11.0. The number of halogens is 2. The summed E-state index contributed by atoms with van der Waals surface area (Å²) in [5, 5.41) is 10.6. The predicted molar refractivity (Wildman–Crippen MR) is 151 cm³/mol. The fraction of sp³-hybridized carbons (Fsp3) is 0.241. The van der Waals surface area contributed by atoms with Crippen molar-refractivity contribution in [3.63, 3.8) is 0 Å². The molecule has 0 bridgehead atoms. The van der Waals surface area contributed by atoms with Gasteiger partial charge in [-0.1, -0.05) is 47.5 Å². The van der Waals surface area contributed by atoms with E-state index < -0.39 is 17.7 Å². The Morgan fingerprint density at radius 2 is 1.69 bits per heavy atom. The van der Waals surface area contributed by atoms with Crippen LogP contribution in [0, 0.1) is 18.3 Å². The second-order valence-electron chi connectivity index (χ2n) is 8.14. The Bertz CT molecular complexity index is 1470. The van der Waals surface area contributed by atoms with Crippen LogP contribution < -0.4 is 4.74 Å². The van der Waals surface area contributed by atoms with Crippen LogP contribution in [0.2, 0.25) is 10.0 Å². The zero-order valence-electron chi connectivity index (χ0n) is 21.5. The van der Waals surface area contributed by atoms with Crippen molar-refractivity contribution in [2.24, 2.45) is 0 Å². The van der Waals surface area contributed by atoms with E-state index in [2.05, 4.69) is 0 Å². The molecule has 0 aliphatic rings. The SMILES string of the molecule is CCOC(=O)c1sc(CC(=O)/C(C#N)=C/c2ccccc2OCc2ccc(Cl)c(Cl)c2)c(C(=O)OCC)c1C. The zero-order valence-corrected chi connectivity index (χ0v) is 23.8. The summed E-state index contributed by atoms with van der Waals surface area (Å²) >= 11 is 13.0. The van der Waals surface area contributed by atoms with Crippen LogP contribution in [-0.2, 0) is 27.3 Å². The molecule has 0 atom stereocenters. The molecule has 0 fully saturated rings. The highest BCUT2D eigenvalue weighted by Gasteiger charge is 2.28. The van der Waals surface area contributed by atoms with Gasteiger partial charge in [-0.15, -0.1) is 11.3 Å². The van der Waals surface area contributed by atoms with E-state index in [1.165, 1.54) is 6.08 Å². The van der Waals surface area contributed by atoms with Gasteiger partial charge in [0.25, 0.3) is 0 Å². The molecule has 10 heteroatoms. The summed E-state index contributed by atoms with van der Waals surface area (Å²) in [5.74, 6) is -1.31. The van der Waals surface area contributed by atoms with Crippen molar-refractivity contribution in [1.82, 2.24) is 0 Å². The number of Topliss-reactive ketones (excluding diaryl/α,β-unsaturated/α-hetero) is 1. The molecule has 1 aromatic heterocycles. The molecule has 0 spiro atoms. The molecule has 7 nitrogen and oxygen atoms in total. The number of para-hydroxylation sites is 1. The molecule has 0 unspecified atom stereocenters. The molecular formula is C29H25Cl2NO6S. The summed E-state index contributed by atoms with van der Waals surface area (Å²) < 4.78 is 16.2. The van der Waals surface area contributed by atoms with Crippen LogP contribution in [0.25, 0.3) is 6.08 Å². The minimum Gasteiger partial charge on any atom is -0.488 e. The largest absolute Gasteiger partial charge is 0.488 e. The second kappa shape index (κ2) is 13.9. The Labute approximate surface area is 240 Å². The third-order valence-corrected chi connectivity index (χ3v) is 7.51. The van der Waals surface area contributed by atoms with Gasteiger partial charge in [-0.2, -0.15) is 5.26 Å². The Hall–Kier alpha value is -3.64. The van der Waals surface area contributed by atoms with E-state index in [0.29, 0.717) is 31.8 Å². The molecule has 202 valence electrons. The summed E-state index contributed by atoms with van der Waals surface area (Å²) in [6.07, 6.45) is 1.16. The van der Waals surface area contributed by atoms with Gasteiger partial charge in [0.2, 0.25) is 0 Å². The topological polar surface area (TPSA) is 103 Å². The lowest BCUT2D eigenvalue weighted by molar-refractivity contribution is -0.114. The first-order valence-corrected chi connectivity index (χ1v) is 13.5. The van der Waals surface area contributed by atoms with E-state index in [4.69, 9.17) is 37.4 Å². The van der Waals surface area contributed by atoms with Gasteiger partial charge in [-0.05, 0) is 56.2 Å². The van der Waals surface area contributed by atoms with Crippen LogP contribution in [-0.4, -0.2) is 30.9 Å². The summed E-state index contributed by atoms with van der Waals surface area (Å²) in [6.45, 7) is 5.41. The minimum atomic E-state index is -0.645. The fourth-order valence-electron chi connectivity index (χ4n) is 3.65. The van der Waals surface area contributed by atoms with Crippen LogP contribution in [0.5, 0.6) is 5.75 Å².